The van der Waals surface area contributed by atoms with Crippen molar-refractivity contribution in [2.24, 2.45) is 0 Å². The number of esters is 1. The molecule has 0 saturated carbocycles. The summed E-state index contributed by atoms with van der Waals surface area (Å²) in [6, 6.07) is 3.51. The van der Waals surface area contributed by atoms with Crippen molar-refractivity contribution in [3.05, 3.63) is 39.9 Å². The first kappa shape index (κ1) is 19.4. The van der Waals surface area contributed by atoms with Crippen molar-refractivity contribution in [3.63, 3.8) is 0 Å². The summed E-state index contributed by atoms with van der Waals surface area (Å²) in [6.45, 7) is 4.94. The SMILES string of the molecule is COC(=O)[C@H](NC(=O)OC(C)(C)C)[C@@H](O)c1ccc([N+](=O)[O-])cc1. The highest BCUT2D eigenvalue weighted by atomic mass is 16.6. The van der Waals surface area contributed by atoms with Crippen LogP contribution in [0.15, 0.2) is 24.3 Å². The molecule has 2 atom stereocenters. The molecule has 0 aliphatic heterocycles. The lowest BCUT2D eigenvalue weighted by molar-refractivity contribution is -0.384. The van der Waals surface area contributed by atoms with Gasteiger partial charge in [0, 0.05) is 12.1 Å². The molecule has 0 heterocycles. The van der Waals surface area contributed by atoms with E-state index in [2.05, 4.69) is 10.1 Å². The Labute approximate surface area is 138 Å². The van der Waals surface area contributed by atoms with Crippen LogP contribution in [0, 0.1) is 10.1 Å². The fourth-order valence-corrected chi connectivity index (χ4v) is 1.81. The minimum absolute atomic E-state index is 0.166. The van der Waals surface area contributed by atoms with Crippen LogP contribution in [0.2, 0.25) is 0 Å². The molecule has 0 aromatic heterocycles. The summed E-state index contributed by atoms with van der Waals surface area (Å²) in [6.07, 6.45) is -2.37. The number of nitro groups is 1. The lowest BCUT2D eigenvalue weighted by Gasteiger charge is -2.25. The normalized spacial score (nSPS) is 13.5. The van der Waals surface area contributed by atoms with E-state index in [1.54, 1.807) is 20.8 Å². The van der Waals surface area contributed by atoms with E-state index in [4.69, 9.17) is 4.74 Å². The highest BCUT2D eigenvalue weighted by Crippen LogP contribution is 2.21. The third-order valence-electron chi connectivity index (χ3n) is 2.89. The van der Waals surface area contributed by atoms with E-state index in [1.165, 1.54) is 24.3 Å². The largest absolute Gasteiger partial charge is 0.467 e. The zero-order chi connectivity index (χ0) is 18.5. The summed E-state index contributed by atoms with van der Waals surface area (Å²) >= 11 is 0. The number of nitrogens with one attached hydrogen (secondary N) is 1. The molecule has 2 N–H and O–H groups in total. The highest BCUT2D eigenvalue weighted by molar-refractivity contribution is 5.82. The molecule has 9 heteroatoms. The van der Waals surface area contributed by atoms with E-state index in [9.17, 15) is 24.8 Å². The molecule has 0 unspecified atom stereocenters. The zero-order valence-corrected chi connectivity index (χ0v) is 13.8. The van der Waals surface area contributed by atoms with Crippen LogP contribution < -0.4 is 5.32 Å². The molecule has 0 spiro atoms. The van der Waals surface area contributed by atoms with Gasteiger partial charge in [0.25, 0.3) is 5.69 Å². The van der Waals surface area contributed by atoms with Crippen molar-refractivity contribution in [3.8, 4) is 0 Å². The van der Waals surface area contributed by atoms with E-state index >= 15 is 0 Å². The zero-order valence-electron chi connectivity index (χ0n) is 13.8. The predicted molar refractivity (Wildman–Crippen MR) is 83.2 cm³/mol. The van der Waals surface area contributed by atoms with Gasteiger partial charge in [-0.1, -0.05) is 0 Å². The highest BCUT2D eigenvalue weighted by Gasteiger charge is 2.32. The molecule has 0 aliphatic carbocycles. The van der Waals surface area contributed by atoms with Crippen molar-refractivity contribution in [1.82, 2.24) is 5.32 Å². The molecule has 1 aromatic rings. The number of ether oxygens (including phenoxy) is 2. The van der Waals surface area contributed by atoms with Gasteiger partial charge in [-0.3, -0.25) is 10.1 Å². The van der Waals surface area contributed by atoms with Gasteiger partial charge in [0.05, 0.1) is 12.0 Å². The maximum atomic E-state index is 11.8. The number of hydrogen-bond acceptors (Lipinski definition) is 7. The second-order valence-electron chi connectivity index (χ2n) is 5.94. The minimum Gasteiger partial charge on any atom is -0.467 e. The Morgan fingerprint density at radius 2 is 1.79 bits per heavy atom. The first-order chi connectivity index (χ1) is 11.0. The number of hydrogen-bond donors (Lipinski definition) is 2. The lowest BCUT2D eigenvalue weighted by Crippen LogP contribution is -2.47. The number of amides is 1. The van der Waals surface area contributed by atoms with Crippen molar-refractivity contribution in [2.45, 2.75) is 38.5 Å². The van der Waals surface area contributed by atoms with Crippen LogP contribution in [0.4, 0.5) is 10.5 Å². The Morgan fingerprint density at radius 3 is 2.21 bits per heavy atom. The minimum atomic E-state index is -1.47. The second kappa shape index (κ2) is 7.73. The average molecular weight is 340 g/mol. The van der Waals surface area contributed by atoms with Crippen LogP contribution in [0.25, 0.3) is 0 Å². The van der Waals surface area contributed by atoms with Crippen molar-refractivity contribution in [1.29, 1.82) is 0 Å². The number of rotatable bonds is 5. The van der Waals surface area contributed by atoms with Crippen LogP contribution in [0.3, 0.4) is 0 Å². The Balaban J connectivity index is 2.96. The van der Waals surface area contributed by atoms with Crippen molar-refractivity contribution >= 4 is 17.7 Å². The smallest absolute Gasteiger partial charge is 0.408 e. The first-order valence-corrected chi connectivity index (χ1v) is 7.05. The van der Waals surface area contributed by atoms with Crippen LogP contribution >= 0.6 is 0 Å². The number of non-ortho nitro benzene ring substituents is 1. The van der Waals surface area contributed by atoms with Crippen molar-refractivity contribution < 1.29 is 29.1 Å². The number of carbonyl (C=O) groups is 2. The molecular formula is C15H20N2O7. The summed E-state index contributed by atoms with van der Waals surface area (Å²) in [5, 5.41) is 23.2. The first-order valence-electron chi connectivity index (χ1n) is 7.05. The van der Waals surface area contributed by atoms with E-state index in [1.807, 2.05) is 0 Å². The molecule has 0 fully saturated rings. The van der Waals surface area contributed by atoms with Gasteiger partial charge < -0.3 is 19.9 Å². The van der Waals surface area contributed by atoms with Crippen LogP contribution in [-0.2, 0) is 14.3 Å². The van der Waals surface area contributed by atoms with Gasteiger partial charge in [-0.25, -0.2) is 9.59 Å². The number of aliphatic hydroxyl groups excluding tert-OH is 1. The molecule has 1 rings (SSSR count). The predicted octanol–water partition coefficient (Wildman–Crippen LogP) is 1.69. The number of alkyl carbamates (subject to hydrolysis) is 1. The second-order valence-corrected chi connectivity index (χ2v) is 5.94. The van der Waals surface area contributed by atoms with Gasteiger partial charge in [0.2, 0.25) is 0 Å². The number of benzene rings is 1. The maximum absolute atomic E-state index is 11.8. The lowest BCUT2D eigenvalue weighted by atomic mass is 10.0. The molecular weight excluding hydrogens is 320 g/mol. The van der Waals surface area contributed by atoms with Gasteiger partial charge in [-0.2, -0.15) is 0 Å². The third kappa shape index (κ3) is 5.51. The Morgan fingerprint density at radius 1 is 1.25 bits per heavy atom. The summed E-state index contributed by atoms with van der Waals surface area (Å²) in [7, 11) is 1.11. The summed E-state index contributed by atoms with van der Waals surface area (Å²) < 4.78 is 9.61. The van der Waals surface area contributed by atoms with Gasteiger partial charge >= 0.3 is 12.1 Å². The number of methoxy groups -OCH3 is 1. The molecule has 1 aromatic carbocycles. The van der Waals surface area contributed by atoms with Crippen LogP contribution in [0.1, 0.15) is 32.4 Å². The van der Waals surface area contributed by atoms with Crippen LogP contribution in [0.5, 0.6) is 0 Å². The number of carbonyl (C=O) groups excluding carboxylic acids is 2. The molecule has 9 nitrogen and oxygen atoms in total. The van der Waals surface area contributed by atoms with E-state index < -0.39 is 34.7 Å². The molecule has 24 heavy (non-hydrogen) atoms. The van der Waals surface area contributed by atoms with Gasteiger partial charge in [0.1, 0.15) is 11.7 Å². The molecule has 1 amide bonds. The summed E-state index contributed by atoms with van der Waals surface area (Å²) in [5.74, 6) is -0.883. The average Bonchev–Trinajstić information content (AvgIpc) is 2.49. The maximum Gasteiger partial charge on any atom is 0.408 e. The van der Waals surface area contributed by atoms with E-state index in [0.29, 0.717) is 0 Å². The van der Waals surface area contributed by atoms with Gasteiger partial charge in [-0.05, 0) is 38.5 Å². The fourth-order valence-electron chi connectivity index (χ4n) is 1.81. The Kier molecular flexibility index (Phi) is 6.24. The van der Waals surface area contributed by atoms with E-state index in [-0.39, 0.29) is 11.3 Å². The van der Waals surface area contributed by atoms with Gasteiger partial charge in [-0.15, -0.1) is 0 Å². The number of aliphatic hydroxyl groups is 1. The Hall–Kier alpha value is -2.68. The summed E-state index contributed by atoms with van der Waals surface area (Å²) in [4.78, 5) is 33.7. The standard InChI is InChI=1S/C15H20N2O7/c1-15(2,3)24-14(20)16-11(13(19)23-4)12(18)9-5-7-10(8-6-9)17(21)22/h5-8,11-12,18H,1-4H3,(H,16,20)/t11-,12+/m1/s1. The molecule has 0 aliphatic rings. The quantitative estimate of drug-likeness (QED) is 0.474. The van der Waals surface area contributed by atoms with Gasteiger partial charge in [0.15, 0.2) is 6.04 Å². The number of nitrogens with zero attached hydrogens (tertiary/aromatic N) is 1. The topological polar surface area (TPSA) is 128 Å². The third-order valence-corrected chi connectivity index (χ3v) is 2.89. The monoisotopic (exact) mass is 340 g/mol. The molecule has 0 saturated heterocycles. The van der Waals surface area contributed by atoms with E-state index in [0.717, 1.165) is 7.11 Å². The molecule has 132 valence electrons. The molecule has 0 bridgehead atoms. The fraction of sp³-hybridized carbons (Fsp3) is 0.467. The van der Waals surface area contributed by atoms with Crippen LogP contribution in [-0.4, -0.2) is 40.8 Å². The molecule has 0 radical (unpaired) electrons. The number of nitro benzene ring substituents is 1. The summed E-state index contributed by atoms with van der Waals surface area (Å²) in [5.41, 5.74) is -0.754. The Bertz CT molecular complexity index is 607. The van der Waals surface area contributed by atoms with Crippen molar-refractivity contribution in [2.75, 3.05) is 7.11 Å².